The molecule has 2 aliphatic heterocycles. The Kier molecular flexibility index (Phi) is 6.11. The van der Waals surface area contributed by atoms with E-state index in [4.69, 9.17) is 4.74 Å². The van der Waals surface area contributed by atoms with E-state index < -0.39 is 0 Å². The standard InChI is InChI=1S/C21H33N5O2/c1-15-9-22-16(2)21(24-15)23-10-19-13-26(20(27)14-28-19)12-18-5-7-25(8-6-18)11-17-3-4-17/h9,17-19H,3-8,10-14H2,1-2H3,(H,23,24)/t19-/m0/s1. The maximum Gasteiger partial charge on any atom is 0.248 e. The zero-order valence-corrected chi connectivity index (χ0v) is 17.2. The first-order chi connectivity index (χ1) is 13.6. The molecule has 3 fully saturated rings. The van der Waals surface area contributed by atoms with Crippen LogP contribution in [0.2, 0.25) is 0 Å². The Morgan fingerprint density at radius 2 is 1.89 bits per heavy atom. The Morgan fingerprint density at radius 3 is 2.64 bits per heavy atom. The summed E-state index contributed by atoms with van der Waals surface area (Å²) in [7, 11) is 0. The van der Waals surface area contributed by atoms with Gasteiger partial charge in [-0.25, -0.2) is 4.98 Å². The highest BCUT2D eigenvalue weighted by Crippen LogP contribution is 2.31. The molecule has 1 aliphatic carbocycles. The van der Waals surface area contributed by atoms with E-state index in [1.54, 1.807) is 6.20 Å². The van der Waals surface area contributed by atoms with Gasteiger partial charge in [-0.2, -0.15) is 0 Å². The van der Waals surface area contributed by atoms with Gasteiger partial charge in [-0.05, 0) is 64.5 Å². The number of anilines is 1. The molecule has 0 aromatic carbocycles. The summed E-state index contributed by atoms with van der Waals surface area (Å²) in [5.74, 6) is 2.52. The molecule has 1 aromatic heterocycles. The van der Waals surface area contributed by atoms with Gasteiger partial charge in [0.2, 0.25) is 5.91 Å². The summed E-state index contributed by atoms with van der Waals surface area (Å²) in [5.41, 5.74) is 1.77. The van der Waals surface area contributed by atoms with Gasteiger partial charge in [0.25, 0.3) is 0 Å². The molecule has 28 heavy (non-hydrogen) atoms. The highest BCUT2D eigenvalue weighted by molar-refractivity contribution is 5.78. The molecule has 4 rings (SSSR count). The van der Waals surface area contributed by atoms with Crippen molar-refractivity contribution >= 4 is 11.7 Å². The monoisotopic (exact) mass is 387 g/mol. The van der Waals surface area contributed by atoms with E-state index in [0.29, 0.717) is 19.0 Å². The number of nitrogens with one attached hydrogen (secondary N) is 1. The number of carbonyl (C=O) groups is 1. The number of hydrogen-bond acceptors (Lipinski definition) is 6. The summed E-state index contributed by atoms with van der Waals surface area (Å²) in [6.45, 7) is 9.91. The van der Waals surface area contributed by atoms with Crippen LogP contribution in [0.5, 0.6) is 0 Å². The van der Waals surface area contributed by atoms with Gasteiger partial charge in [-0.1, -0.05) is 0 Å². The van der Waals surface area contributed by atoms with Crippen molar-refractivity contribution in [1.29, 1.82) is 0 Å². The van der Waals surface area contributed by atoms with Crippen molar-refractivity contribution in [2.45, 2.75) is 45.6 Å². The number of morpholine rings is 1. The fourth-order valence-electron chi connectivity index (χ4n) is 4.22. The summed E-state index contributed by atoms with van der Waals surface area (Å²) < 4.78 is 5.76. The number of nitrogens with zero attached hydrogens (tertiary/aromatic N) is 4. The molecule has 1 amide bonds. The summed E-state index contributed by atoms with van der Waals surface area (Å²) >= 11 is 0. The predicted molar refractivity (Wildman–Crippen MR) is 108 cm³/mol. The van der Waals surface area contributed by atoms with Crippen molar-refractivity contribution in [3.63, 3.8) is 0 Å². The van der Waals surface area contributed by atoms with Gasteiger partial charge in [0.15, 0.2) is 0 Å². The number of amides is 1. The molecule has 0 radical (unpaired) electrons. The second-order valence-electron chi connectivity index (χ2n) is 8.75. The minimum Gasteiger partial charge on any atom is -0.366 e. The van der Waals surface area contributed by atoms with Crippen LogP contribution >= 0.6 is 0 Å². The van der Waals surface area contributed by atoms with Crippen LogP contribution in [0.1, 0.15) is 37.1 Å². The Bertz CT molecular complexity index is 685. The molecule has 3 aliphatic rings. The van der Waals surface area contributed by atoms with E-state index in [9.17, 15) is 4.79 Å². The van der Waals surface area contributed by atoms with Crippen molar-refractivity contribution in [2.24, 2.45) is 11.8 Å². The lowest BCUT2D eigenvalue weighted by molar-refractivity contribution is -0.149. The highest BCUT2D eigenvalue weighted by atomic mass is 16.5. The number of aromatic nitrogens is 2. The van der Waals surface area contributed by atoms with Gasteiger partial charge in [0, 0.05) is 32.4 Å². The maximum absolute atomic E-state index is 12.4. The first-order valence-electron chi connectivity index (χ1n) is 10.7. The summed E-state index contributed by atoms with van der Waals surface area (Å²) in [6, 6.07) is 0. The maximum atomic E-state index is 12.4. The lowest BCUT2D eigenvalue weighted by Gasteiger charge is -2.38. The lowest BCUT2D eigenvalue weighted by Crippen LogP contribution is -2.51. The Hall–Kier alpha value is -1.73. The normalized spacial score (nSPS) is 24.6. The third kappa shape index (κ3) is 5.20. The van der Waals surface area contributed by atoms with Gasteiger partial charge >= 0.3 is 0 Å². The van der Waals surface area contributed by atoms with Crippen LogP contribution in [0, 0.1) is 25.7 Å². The van der Waals surface area contributed by atoms with Crippen molar-refractivity contribution in [2.75, 3.05) is 51.2 Å². The summed E-state index contributed by atoms with van der Waals surface area (Å²) in [4.78, 5) is 25.8. The summed E-state index contributed by atoms with van der Waals surface area (Å²) in [6.07, 6.45) is 7.02. The largest absolute Gasteiger partial charge is 0.366 e. The Balaban J connectivity index is 1.24. The van der Waals surface area contributed by atoms with Crippen LogP contribution in [0.3, 0.4) is 0 Å². The van der Waals surface area contributed by atoms with E-state index in [1.165, 1.54) is 45.3 Å². The van der Waals surface area contributed by atoms with Gasteiger partial charge in [-0.15, -0.1) is 0 Å². The van der Waals surface area contributed by atoms with Gasteiger partial charge in [-0.3, -0.25) is 9.78 Å². The lowest BCUT2D eigenvalue weighted by atomic mass is 9.95. The minimum absolute atomic E-state index is 0.00521. The molecule has 2 saturated heterocycles. The molecule has 1 saturated carbocycles. The third-order valence-corrected chi connectivity index (χ3v) is 6.19. The number of piperidine rings is 1. The number of aryl methyl sites for hydroxylation is 2. The highest BCUT2D eigenvalue weighted by Gasteiger charge is 2.31. The molecule has 7 heteroatoms. The molecule has 154 valence electrons. The Labute approximate surface area is 167 Å². The molecule has 0 spiro atoms. The molecule has 3 heterocycles. The van der Waals surface area contributed by atoms with Crippen LogP contribution < -0.4 is 5.32 Å². The number of carbonyl (C=O) groups excluding carboxylic acids is 1. The van der Waals surface area contributed by atoms with E-state index in [0.717, 1.165) is 29.7 Å². The van der Waals surface area contributed by atoms with Gasteiger partial charge < -0.3 is 19.9 Å². The number of ether oxygens (including phenoxy) is 1. The van der Waals surface area contributed by atoms with E-state index >= 15 is 0 Å². The first kappa shape index (κ1) is 19.6. The van der Waals surface area contributed by atoms with Crippen LogP contribution in [0.4, 0.5) is 5.82 Å². The van der Waals surface area contributed by atoms with Crippen LogP contribution in [0.15, 0.2) is 6.20 Å². The minimum atomic E-state index is -0.00521. The quantitative estimate of drug-likeness (QED) is 0.770. The number of rotatable bonds is 7. The zero-order valence-electron chi connectivity index (χ0n) is 17.2. The molecule has 1 atom stereocenters. The molecular formula is C21H33N5O2. The average molecular weight is 388 g/mol. The van der Waals surface area contributed by atoms with Crippen molar-refractivity contribution in [3.8, 4) is 0 Å². The SMILES string of the molecule is Cc1cnc(C)c(NC[C@H]2CN(CC3CCN(CC4CC4)CC3)C(=O)CO2)n1. The molecule has 0 unspecified atom stereocenters. The fourth-order valence-corrected chi connectivity index (χ4v) is 4.22. The molecule has 7 nitrogen and oxygen atoms in total. The smallest absolute Gasteiger partial charge is 0.248 e. The number of likely N-dealkylation sites (tertiary alicyclic amines) is 1. The van der Waals surface area contributed by atoms with Crippen molar-refractivity contribution in [3.05, 3.63) is 17.6 Å². The zero-order chi connectivity index (χ0) is 19.5. The molecule has 1 aromatic rings. The van der Waals surface area contributed by atoms with E-state index in [1.807, 2.05) is 18.7 Å². The topological polar surface area (TPSA) is 70.6 Å². The molecule has 0 bridgehead atoms. The second-order valence-corrected chi connectivity index (χ2v) is 8.75. The average Bonchev–Trinajstić information content (AvgIpc) is 3.50. The third-order valence-electron chi connectivity index (χ3n) is 6.19. The van der Waals surface area contributed by atoms with Gasteiger partial charge in [0.05, 0.1) is 17.5 Å². The van der Waals surface area contributed by atoms with Crippen molar-refractivity contribution in [1.82, 2.24) is 19.8 Å². The predicted octanol–water partition coefficient (Wildman–Crippen LogP) is 1.85. The summed E-state index contributed by atoms with van der Waals surface area (Å²) in [5, 5.41) is 3.35. The van der Waals surface area contributed by atoms with E-state index in [2.05, 4.69) is 20.2 Å². The molecule has 1 N–H and O–H groups in total. The molecular weight excluding hydrogens is 354 g/mol. The van der Waals surface area contributed by atoms with Crippen LogP contribution in [0.25, 0.3) is 0 Å². The first-order valence-corrected chi connectivity index (χ1v) is 10.7. The second kappa shape index (κ2) is 8.74. The van der Waals surface area contributed by atoms with E-state index in [-0.39, 0.29) is 18.6 Å². The van der Waals surface area contributed by atoms with Crippen LogP contribution in [-0.2, 0) is 9.53 Å². The van der Waals surface area contributed by atoms with Crippen molar-refractivity contribution < 1.29 is 9.53 Å². The van der Waals surface area contributed by atoms with Gasteiger partial charge in [0.1, 0.15) is 12.4 Å². The van der Waals surface area contributed by atoms with Crippen LogP contribution in [-0.4, -0.2) is 77.7 Å². The Morgan fingerprint density at radius 1 is 1.14 bits per heavy atom. The fraction of sp³-hybridized carbons (Fsp3) is 0.762. The number of hydrogen-bond donors (Lipinski definition) is 1.